The molecule has 0 aliphatic carbocycles. The van der Waals surface area contributed by atoms with Crippen molar-refractivity contribution in [2.24, 2.45) is 0 Å². The van der Waals surface area contributed by atoms with Gasteiger partial charge in [0.05, 0.1) is 6.10 Å². The molecule has 0 aliphatic heterocycles. The van der Waals surface area contributed by atoms with Gasteiger partial charge in [-0.2, -0.15) is 0 Å². The normalized spacial score (nSPS) is 14.8. The van der Waals surface area contributed by atoms with Crippen molar-refractivity contribution in [2.45, 2.75) is 32.4 Å². The predicted octanol–water partition coefficient (Wildman–Crippen LogP) is 1.95. The smallest absolute Gasteiger partial charge is 0.131 e. The summed E-state index contributed by atoms with van der Waals surface area (Å²) in [5.74, 6) is -0.491. The Kier molecular flexibility index (Phi) is 4.71. The molecule has 0 aromatic heterocycles. The zero-order chi connectivity index (χ0) is 12.1. The van der Waals surface area contributed by atoms with E-state index in [0.717, 1.165) is 6.07 Å². The predicted molar refractivity (Wildman–Crippen MR) is 60.8 cm³/mol. The number of rotatable bonds is 5. The third-order valence-electron chi connectivity index (χ3n) is 2.46. The van der Waals surface area contributed by atoms with Crippen LogP contribution < -0.4 is 5.32 Å². The number of halogens is 1. The second-order valence-electron chi connectivity index (χ2n) is 4.02. The summed E-state index contributed by atoms with van der Waals surface area (Å²) in [5, 5.41) is 21.3. The van der Waals surface area contributed by atoms with Crippen molar-refractivity contribution in [3.05, 3.63) is 29.6 Å². The second-order valence-corrected chi connectivity index (χ2v) is 4.02. The molecular formula is C12H18FNO2. The maximum Gasteiger partial charge on any atom is 0.131 e. The van der Waals surface area contributed by atoms with E-state index >= 15 is 0 Å². The number of aliphatic hydroxyl groups excluding tert-OH is 1. The number of aliphatic hydroxyl groups is 1. The van der Waals surface area contributed by atoms with E-state index in [4.69, 9.17) is 10.2 Å². The van der Waals surface area contributed by atoms with Crippen molar-refractivity contribution in [2.75, 3.05) is 6.54 Å². The molecule has 0 fully saturated rings. The molecule has 2 unspecified atom stereocenters. The first-order valence-corrected chi connectivity index (χ1v) is 5.40. The summed E-state index contributed by atoms with van der Waals surface area (Å²) in [5.41, 5.74) is 0.517. The first-order chi connectivity index (χ1) is 7.50. The molecule has 4 heteroatoms. The Labute approximate surface area is 94.9 Å². The summed E-state index contributed by atoms with van der Waals surface area (Å²) in [6, 6.07) is 3.98. The largest absolute Gasteiger partial charge is 0.508 e. The lowest BCUT2D eigenvalue weighted by Crippen LogP contribution is -2.23. The van der Waals surface area contributed by atoms with Gasteiger partial charge in [-0.05, 0) is 32.9 Å². The van der Waals surface area contributed by atoms with E-state index < -0.39 is 5.82 Å². The van der Waals surface area contributed by atoms with E-state index in [9.17, 15) is 4.39 Å². The minimum atomic E-state index is -0.419. The highest BCUT2D eigenvalue weighted by Crippen LogP contribution is 2.20. The van der Waals surface area contributed by atoms with E-state index in [-0.39, 0.29) is 17.9 Å². The summed E-state index contributed by atoms with van der Waals surface area (Å²) in [6.07, 6.45) is 0.272. The van der Waals surface area contributed by atoms with Crippen molar-refractivity contribution < 1.29 is 14.6 Å². The Hall–Kier alpha value is -1.13. The summed E-state index contributed by atoms with van der Waals surface area (Å²) >= 11 is 0. The molecule has 16 heavy (non-hydrogen) atoms. The zero-order valence-corrected chi connectivity index (χ0v) is 9.57. The molecule has 0 spiro atoms. The number of benzene rings is 1. The molecule has 1 aromatic rings. The lowest BCUT2D eigenvalue weighted by atomic mass is 10.1. The molecule has 1 rings (SSSR count). The Balaban J connectivity index is 2.55. The zero-order valence-electron chi connectivity index (χ0n) is 9.57. The van der Waals surface area contributed by atoms with Crippen molar-refractivity contribution in [3.63, 3.8) is 0 Å². The van der Waals surface area contributed by atoms with Crippen LogP contribution >= 0.6 is 0 Å². The van der Waals surface area contributed by atoms with E-state index in [1.165, 1.54) is 6.07 Å². The van der Waals surface area contributed by atoms with Gasteiger partial charge in [0.1, 0.15) is 11.6 Å². The molecule has 0 radical (unpaired) electrons. The Morgan fingerprint density at radius 1 is 1.38 bits per heavy atom. The molecule has 0 saturated heterocycles. The Morgan fingerprint density at radius 2 is 2.06 bits per heavy atom. The van der Waals surface area contributed by atoms with Crippen LogP contribution in [0.1, 0.15) is 31.9 Å². The van der Waals surface area contributed by atoms with Crippen LogP contribution in [0.3, 0.4) is 0 Å². The molecule has 90 valence electrons. The molecule has 3 nitrogen and oxygen atoms in total. The summed E-state index contributed by atoms with van der Waals surface area (Å²) < 4.78 is 13.4. The van der Waals surface area contributed by atoms with Gasteiger partial charge in [0.2, 0.25) is 0 Å². The van der Waals surface area contributed by atoms with E-state index in [0.29, 0.717) is 18.5 Å². The number of nitrogens with one attached hydrogen (secondary N) is 1. The molecule has 0 bridgehead atoms. The molecule has 0 saturated carbocycles. The minimum absolute atomic E-state index is 0.0718. The highest BCUT2D eigenvalue weighted by atomic mass is 19.1. The van der Waals surface area contributed by atoms with Crippen molar-refractivity contribution >= 4 is 0 Å². The first kappa shape index (κ1) is 12.9. The SMILES string of the molecule is CC(O)CCNC(C)c1ccc(O)cc1F. The number of phenols is 1. The average Bonchev–Trinajstić information content (AvgIpc) is 2.16. The van der Waals surface area contributed by atoms with Gasteiger partial charge in [-0.1, -0.05) is 6.07 Å². The van der Waals surface area contributed by atoms with Crippen LogP contribution in [0.4, 0.5) is 4.39 Å². The fraction of sp³-hybridized carbons (Fsp3) is 0.500. The minimum Gasteiger partial charge on any atom is -0.508 e. The molecule has 1 aromatic carbocycles. The third-order valence-corrected chi connectivity index (χ3v) is 2.46. The van der Waals surface area contributed by atoms with E-state index in [2.05, 4.69) is 5.32 Å². The molecular weight excluding hydrogens is 209 g/mol. The Morgan fingerprint density at radius 3 is 2.62 bits per heavy atom. The topological polar surface area (TPSA) is 52.5 Å². The number of hydrogen-bond donors (Lipinski definition) is 3. The first-order valence-electron chi connectivity index (χ1n) is 5.40. The van der Waals surface area contributed by atoms with Crippen LogP contribution in [0.5, 0.6) is 5.75 Å². The van der Waals surface area contributed by atoms with Crippen molar-refractivity contribution in [1.82, 2.24) is 5.32 Å². The molecule has 0 amide bonds. The number of hydrogen-bond acceptors (Lipinski definition) is 3. The van der Waals surface area contributed by atoms with Gasteiger partial charge in [0.25, 0.3) is 0 Å². The lowest BCUT2D eigenvalue weighted by Gasteiger charge is -2.15. The monoisotopic (exact) mass is 227 g/mol. The van der Waals surface area contributed by atoms with Crippen molar-refractivity contribution in [3.8, 4) is 5.75 Å². The van der Waals surface area contributed by atoms with Crippen LogP contribution in [-0.4, -0.2) is 22.9 Å². The lowest BCUT2D eigenvalue weighted by molar-refractivity contribution is 0.182. The van der Waals surface area contributed by atoms with Crippen LogP contribution in [0.25, 0.3) is 0 Å². The molecule has 2 atom stereocenters. The quantitative estimate of drug-likeness (QED) is 0.720. The van der Waals surface area contributed by atoms with Gasteiger partial charge < -0.3 is 15.5 Å². The van der Waals surface area contributed by atoms with Crippen LogP contribution in [0.15, 0.2) is 18.2 Å². The summed E-state index contributed by atoms with van der Waals surface area (Å²) in [6.45, 7) is 4.18. The highest BCUT2D eigenvalue weighted by molar-refractivity contribution is 5.29. The van der Waals surface area contributed by atoms with Crippen LogP contribution in [0.2, 0.25) is 0 Å². The van der Waals surface area contributed by atoms with Crippen LogP contribution in [-0.2, 0) is 0 Å². The van der Waals surface area contributed by atoms with Crippen LogP contribution in [0, 0.1) is 5.82 Å². The van der Waals surface area contributed by atoms with E-state index in [1.807, 2.05) is 6.92 Å². The average molecular weight is 227 g/mol. The fourth-order valence-corrected chi connectivity index (χ4v) is 1.49. The Bertz CT molecular complexity index is 342. The maximum atomic E-state index is 13.4. The van der Waals surface area contributed by atoms with Gasteiger partial charge in [-0.25, -0.2) is 4.39 Å². The molecule has 3 N–H and O–H groups in total. The number of phenolic OH excluding ortho intramolecular Hbond substituents is 1. The van der Waals surface area contributed by atoms with Gasteiger partial charge in [0.15, 0.2) is 0 Å². The third kappa shape index (κ3) is 3.79. The van der Waals surface area contributed by atoms with Crippen molar-refractivity contribution in [1.29, 1.82) is 0 Å². The maximum absolute atomic E-state index is 13.4. The molecule has 0 aliphatic rings. The van der Waals surface area contributed by atoms with Gasteiger partial charge in [-0.3, -0.25) is 0 Å². The van der Waals surface area contributed by atoms with Gasteiger partial charge >= 0.3 is 0 Å². The van der Waals surface area contributed by atoms with Gasteiger partial charge in [0, 0.05) is 17.7 Å². The second kappa shape index (κ2) is 5.82. The number of aromatic hydroxyl groups is 1. The highest BCUT2D eigenvalue weighted by Gasteiger charge is 2.10. The standard InChI is InChI=1S/C12H18FNO2/c1-8(15)5-6-14-9(2)11-4-3-10(16)7-12(11)13/h3-4,7-9,14-16H,5-6H2,1-2H3. The fourth-order valence-electron chi connectivity index (χ4n) is 1.49. The van der Waals surface area contributed by atoms with E-state index in [1.54, 1.807) is 13.0 Å². The van der Waals surface area contributed by atoms with Gasteiger partial charge in [-0.15, -0.1) is 0 Å². The summed E-state index contributed by atoms with van der Waals surface area (Å²) in [4.78, 5) is 0. The summed E-state index contributed by atoms with van der Waals surface area (Å²) in [7, 11) is 0. The molecule has 0 heterocycles.